The van der Waals surface area contributed by atoms with Gasteiger partial charge in [0.2, 0.25) is 0 Å². The zero-order chi connectivity index (χ0) is 14.6. The Morgan fingerprint density at radius 1 is 1.35 bits per heavy atom. The van der Waals surface area contributed by atoms with E-state index in [9.17, 15) is 13.2 Å². The molecule has 0 amide bonds. The number of hydrogen-bond acceptors (Lipinski definition) is 4. The molecule has 3 nitrogen and oxygen atoms in total. The summed E-state index contributed by atoms with van der Waals surface area (Å²) in [7, 11) is 1.59. The van der Waals surface area contributed by atoms with Gasteiger partial charge in [-0.15, -0.1) is 0 Å². The molecule has 0 fully saturated rings. The lowest BCUT2D eigenvalue weighted by atomic mass is 10.1. The maximum absolute atomic E-state index is 12.4. The average Bonchev–Trinajstić information content (AvgIpc) is 2.88. The standard InChI is InChI=1S/C13H13F3N2OS/c1-19-10-4-2-3-9(7-10)5-6-17-12-18-8-11(20-12)13(14,15)16/h2-4,7-8H,5-6H2,1H3,(H,17,18). The van der Waals surface area contributed by atoms with Crippen LogP contribution < -0.4 is 10.1 Å². The minimum absolute atomic E-state index is 0.278. The Labute approximate surface area is 118 Å². The van der Waals surface area contributed by atoms with Crippen LogP contribution in [0.4, 0.5) is 18.3 Å². The van der Waals surface area contributed by atoms with Crippen molar-refractivity contribution in [1.82, 2.24) is 4.98 Å². The molecule has 7 heteroatoms. The third-order valence-electron chi connectivity index (χ3n) is 2.61. The van der Waals surface area contributed by atoms with Crippen LogP contribution in [0.2, 0.25) is 0 Å². The molecule has 1 aromatic heterocycles. The van der Waals surface area contributed by atoms with Crippen molar-refractivity contribution in [3.8, 4) is 5.75 Å². The fraction of sp³-hybridized carbons (Fsp3) is 0.308. The van der Waals surface area contributed by atoms with Gasteiger partial charge in [-0.3, -0.25) is 0 Å². The molecule has 1 N–H and O–H groups in total. The Hall–Kier alpha value is -1.76. The Morgan fingerprint density at radius 3 is 2.80 bits per heavy atom. The molecule has 0 aliphatic heterocycles. The van der Waals surface area contributed by atoms with Crippen molar-refractivity contribution in [2.75, 3.05) is 19.0 Å². The molecule has 0 saturated heterocycles. The SMILES string of the molecule is COc1cccc(CCNc2ncc(C(F)(F)F)s2)c1. The smallest absolute Gasteiger partial charge is 0.427 e. The van der Waals surface area contributed by atoms with E-state index >= 15 is 0 Å². The molecule has 0 unspecified atom stereocenters. The highest BCUT2D eigenvalue weighted by Crippen LogP contribution is 2.34. The van der Waals surface area contributed by atoms with Crippen molar-refractivity contribution in [1.29, 1.82) is 0 Å². The van der Waals surface area contributed by atoms with Gasteiger partial charge in [-0.2, -0.15) is 13.2 Å². The van der Waals surface area contributed by atoms with Gasteiger partial charge in [0.05, 0.1) is 13.3 Å². The summed E-state index contributed by atoms with van der Waals surface area (Å²) in [6.07, 6.45) is -2.80. The van der Waals surface area contributed by atoms with E-state index in [1.807, 2.05) is 24.3 Å². The van der Waals surface area contributed by atoms with Crippen LogP contribution >= 0.6 is 11.3 Å². The van der Waals surface area contributed by atoms with Crippen molar-refractivity contribution in [3.05, 3.63) is 40.9 Å². The number of nitrogens with zero attached hydrogens (tertiary/aromatic N) is 1. The molecule has 0 aliphatic carbocycles. The number of nitrogens with one attached hydrogen (secondary N) is 1. The maximum atomic E-state index is 12.4. The number of anilines is 1. The van der Waals surface area contributed by atoms with Gasteiger partial charge < -0.3 is 10.1 Å². The Balaban J connectivity index is 1.88. The molecule has 0 spiro atoms. The van der Waals surface area contributed by atoms with E-state index in [1.165, 1.54) is 0 Å². The van der Waals surface area contributed by atoms with Crippen molar-refractivity contribution in [2.45, 2.75) is 12.6 Å². The van der Waals surface area contributed by atoms with E-state index in [0.717, 1.165) is 17.5 Å². The molecular formula is C13H13F3N2OS. The van der Waals surface area contributed by atoms with Gasteiger partial charge in [-0.05, 0) is 24.1 Å². The molecule has 0 saturated carbocycles. The van der Waals surface area contributed by atoms with Gasteiger partial charge >= 0.3 is 6.18 Å². The van der Waals surface area contributed by atoms with Crippen LogP contribution in [0.5, 0.6) is 5.75 Å². The van der Waals surface area contributed by atoms with E-state index in [2.05, 4.69) is 10.3 Å². The van der Waals surface area contributed by atoms with Crippen LogP contribution in [0.15, 0.2) is 30.5 Å². The largest absolute Gasteiger partial charge is 0.497 e. The van der Waals surface area contributed by atoms with Gasteiger partial charge in [-0.25, -0.2) is 4.98 Å². The molecule has 108 valence electrons. The van der Waals surface area contributed by atoms with Crippen molar-refractivity contribution in [2.24, 2.45) is 0 Å². The van der Waals surface area contributed by atoms with Crippen LogP contribution in [0.25, 0.3) is 0 Å². The summed E-state index contributed by atoms with van der Waals surface area (Å²) in [5.41, 5.74) is 1.05. The molecule has 1 heterocycles. The molecule has 2 rings (SSSR count). The number of thiazole rings is 1. The van der Waals surface area contributed by atoms with Crippen LogP contribution in [0.1, 0.15) is 10.4 Å². The number of ether oxygens (including phenoxy) is 1. The lowest BCUT2D eigenvalue weighted by Gasteiger charge is -2.05. The summed E-state index contributed by atoms with van der Waals surface area (Å²) in [5.74, 6) is 0.760. The predicted octanol–water partition coefficient (Wildman–Crippen LogP) is 3.83. The summed E-state index contributed by atoms with van der Waals surface area (Å²) in [4.78, 5) is 3.02. The summed E-state index contributed by atoms with van der Waals surface area (Å²) >= 11 is 0.611. The van der Waals surface area contributed by atoms with Gasteiger partial charge in [0.15, 0.2) is 5.13 Å². The first-order chi connectivity index (χ1) is 9.49. The Bertz CT molecular complexity index is 569. The third-order valence-corrected chi connectivity index (χ3v) is 3.61. The van der Waals surface area contributed by atoms with Crippen molar-refractivity contribution in [3.63, 3.8) is 0 Å². The van der Waals surface area contributed by atoms with E-state index in [0.29, 0.717) is 24.3 Å². The molecule has 20 heavy (non-hydrogen) atoms. The monoisotopic (exact) mass is 302 g/mol. The summed E-state index contributed by atoms with van der Waals surface area (Å²) in [6.45, 7) is 0.512. The van der Waals surface area contributed by atoms with E-state index in [-0.39, 0.29) is 5.13 Å². The number of hydrogen-bond donors (Lipinski definition) is 1. The second-order valence-electron chi connectivity index (χ2n) is 4.06. The summed E-state index contributed by atoms with van der Waals surface area (Å²) < 4.78 is 42.3. The zero-order valence-electron chi connectivity index (χ0n) is 10.7. The normalized spacial score (nSPS) is 11.4. The Morgan fingerprint density at radius 2 is 2.15 bits per heavy atom. The summed E-state index contributed by atoms with van der Waals surface area (Å²) in [5, 5.41) is 3.17. The van der Waals surface area contributed by atoms with E-state index in [4.69, 9.17) is 4.74 Å². The Kier molecular flexibility index (Phi) is 4.49. The number of aromatic nitrogens is 1. The summed E-state index contributed by atoms with van der Waals surface area (Å²) in [6, 6.07) is 7.55. The topological polar surface area (TPSA) is 34.1 Å². The molecule has 0 atom stereocenters. The number of rotatable bonds is 5. The first kappa shape index (κ1) is 14.6. The molecule has 2 aromatic rings. The molecule has 0 bridgehead atoms. The average molecular weight is 302 g/mol. The second kappa shape index (κ2) is 6.13. The van der Waals surface area contributed by atoms with Gasteiger partial charge in [0, 0.05) is 6.54 Å². The number of alkyl halides is 3. The lowest BCUT2D eigenvalue weighted by Crippen LogP contribution is -2.04. The molecule has 0 aliphatic rings. The highest BCUT2D eigenvalue weighted by Gasteiger charge is 2.33. The van der Waals surface area contributed by atoms with Gasteiger partial charge in [-0.1, -0.05) is 23.5 Å². The second-order valence-corrected chi connectivity index (χ2v) is 5.09. The van der Waals surface area contributed by atoms with E-state index in [1.54, 1.807) is 7.11 Å². The van der Waals surface area contributed by atoms with Crippen molar-refractivity contribution >= 4 is 16.5 Å². The van der Waals surface area contributed by atoms with Gasteiger partial charge in [0.25, 0.3) is 0 Å². The molecule has 0 radical (unpaired) electrons. The highest BCUT2D eigenvalue weighted by molar-refractivity contribution is 7.15. The first-order valence-electron chi connectivity index (χ1n) is 5.89. The van der Waals surface area contributed by atoms with Crippen molar-refractivity contribution < 1.29 is 17.9 Å². The van der Waals surface area contributed by atoms with Gasteiger partial charge in [0.1, 0.15) is 10.6 Å². The fourth-order valence-corrected chi connectivity index (χ4v) is 2.34. The first-order valence-corrected chi connectivity index (χ1v) is 6.70. The van der Waals surface area contributed by atoms with Crippen LogP contribution in [0.3, 0.4) is 0 Å². The zero-order valence-corrected chi connectivity index (χ0v) is 11.5. The van der Waals surface area contributed by atoms with Crippen LogP contribution in [-0.4, -0.2) is 18.6 Å². The quantitative estimate of drug-likeness (QED) is 0.911. The fourth-order valence-electron chi connectivity index (χ4n) is 1.63. The molecule has 1 aromatic carbocycles. The van der Waals surface area contributed by atoms with E-state index < -0.39 is 11.1 Å². The number of methoxy groups -OCH3 is 1. The van der Waals surface area contributed by atoms with Crippen LogP contribution in [-0.2, 0) is 12.6 Å². The minimum atomic E-state index is -4.33. The maximum Gasteiger partial charge on any atom is 0.427 e. The predicted molar refractivity (Wildman–Crippen MR) is 72.3 cm³/mol. The third kappa shape index (κ3) is 3.86. The van der Waals surface area contributed by atoms with Crippen LogP contribution in [0, 0.1) is 0 Å². The highest BCUT2D eigenvalue weighted by atomic mass is 32.1. The number of halogens is 3. The number of benzene rings is 1. The molecular weight excluding hydrogens is 289 g/mol. The minimum Gasteiger partial charge on any atom is -0.497 e. The lowest BCUT2D eigenvalue weighted by molar-refractivity contribution is -0.134.